The number of carbonyl (C=O) groups is 2. The molecule has 5 heteroatoms. The van der Waals surface area contributed by atoms with E-state index in [4.69, 9.17) is 4.74 Å². The van der Waals surface area contributed by atoms with E-state index in [2.05, 4.69) is 5.32 Å². The van der Waals surface area contributed by atoms with Crippen LogP contribution in [0, 0.1) is 0 Å². The molecule has 2 aromatic rings. The van der Waals surface area contributed by atoms with Crippen molar-refractivity contribution in [3.63, 3.8) is 0 Å². The Morgan fingerprint density at radius 3 is 2.42 bits per heavy atom. The molecule has 0 saturated heterocycles. The minimum Gasteiger partial charge on any atom is -0.480 e. The molecule has 0 aromatic heterocycles. The second-order valence-electron chi connectivity index (χ2n) is 6.76. The number of alkyl carbamates (subject to hydrolysis) is 1. The number of benzene rings is 2. The molecule has 0 aliphatic heterocycles. The molecule has 1 amide bonds. The maximum absolute atomic E-state index is 11.8. The first-order chi connectivity index (χ1) is 11.2. The van der Waals surface area contributed by atoms with Gasteiger partial charge in [0.05, 0.1) is 0 Å². The van der Waals surface area contributed by atoms with Gasteiger partial charge in [0.2, 0.25) is 0 Å². The van der Waals surface area contributed by atoms with Crippen LogP contribution < -0.4 is 5.32 Å². The molecular formula is C19H23NO4. The molecular weight excluding hydrogens is 306 g/mol. The Morgan fingerprint density at radius 2 is 1.79 bits per heavy atom. The van der Waals surface area contributed by atoms with Crippen LogP contribution in [0.2, 0.25) is 0 Å². The molecule has 0 spiro atoms. The minimum atomic E-state index is -1.07. The maximum atomic E-state index is 11.8. The highest BCUT2D eigenvalue weighted by Crippen LogP contribution is 2.17. The van der Waals surface area contributed by atoms with Gasteiger partial charge in [-0.1, -0.05) is 42.5 Å². The van der Waals surface area contributed by atoms with Crippen molar-refractivity contribution < 1.29 is 19.4 Å². The second-order valence-corrected chi connectivity index (χ2v) is 6.76. The highest BCUT2D eigenvalue weighted by molar-refractivity contribution is 5.83. The predicted molar refractivity (Wildman–Crippen MR) is 93.1 cm³/mol. The number of carboxylic acids is 1. The third-order valence-electron chi connectivity index (χ3n) is 3.52. The minimum absolute atomic E-state index is 0.299. The van der Waals surface area contributed by atoms with E-state index < -0.39 is 23.7 Å². The molecule has 2 N–H and O–H groups in total. The summed E-state index contributed by atoms with van der Waals surface area (Å²) in [5.74, 6) is -1.07. The van der Waals surface area contributed by atoms with Crippen molar-refractivity contribution in [2.45, 2.75) is 45.3 Å². The van der Waals surface area contributed by atoms with E-state index in [9.17, 15) is 14.7 Å². The lowest BCUT2D eigenvalue weighted by Crippen LogP contribution is -2.43. The van der Waals surface area contributed by atoms with Gasteiger partial charge in [-0.05, 0) is 49.9 Å². The number of ether oxygens (including phenoxy) is 1. The number of carboxylic acid groups (broad SMARTS) is 1. The molecule has 0 bridgehead atoms. The summed E-state index contributed by atoms with van der Waals surface area (Å²) in [5.41, 5.74) is 0.372. The Bertz CT molecular complexity index is 733. The quantitative estimate of drug-likeness (QED) is 0.876. The predicted octanol–water partition coefficient (Wildman–Crippen LogP) is 3.75. The van der Waals surface area contributed by atoms with Gasteiger partial charge in [-0.25, -0.2) is 9.59 Å². The summed E-state index contributed by atoms with van der Waals surface area (Å²) < 4.78 is 5.11. The van der Waals surface area contributed by atoms with Crippen LogP contribution in [-0.4, -0.2) is 28.8 Å². The number of rotatable bonds is 5. The van der Waals surface area contributed by atoms with Crippen molar-refractivity contribution in [2.75, 3.05) is 0 Å². The standard InChI is InChI=1S/C19H23NO4/c1-19(2,3)24-18(23)20-16(17(21)22)11-9-13-8-10-14-6-4-5-7-15(14)12-13/h4-8,10,12,16H,9,11H2,1-3H3,(H,20,23)(H,21,22)/t16-/m0/s1. The zero-order valence-corrected chi connectivity index (χ0v) is 14.2. The average Bonchev–Trinajstić information content (AvgIpc) is 2.49. The molecule has 0 saturated carbocycles. The number of aryl methyl sites for hydroxylation is 1. The van der Waals surface area contributed by atoms with Crippen molar-refractivity contribution in [2.24, 2.45) is 0 Å². The fraction of sp³-hybridized carbons (Fsp3) is 0.368. The monoisotopic (exact) mass is 329 g/mol. The fourth-order valence-corrected chi connectivity index (χ4v) is 2.41. The summed E-state index contributed by atoms with van der Waals surface area (Å²) in [6.45, 7) is 5.20. The summed E-state index contributed by atoms with van der Waals surface area (Å²) in [4.78, 5) is 23.1. The second kappa shape index (κ2) is 7.34. The van der Waals surface area contributed by atoms with Gasteiger partial charge in [-0.2, -0.15) is 0 Å². The summed E-state index contributed by atoms with van der Waals surface area (Å²) in [6.07, 6.45) is 0.137. The Kier molecular flexibility index (Phi) is 5.44. The van der Waals surface area contributed by atoms with Gasteiger partial charge in [-0.3, -0.25) is 0 Å². The third-order valence-corrected chi connectivity index (χ3v) is 3.52. The van der Waals surface area contributed by atoms with Crippen molar-refractivity contribution in [1.29, 1.82) is 0 Å². The lowest BCUT2D eigenvalue weighted by atomic mass is 10.0. The molecule has 1 atom stereocenters. The van der Waals surface area contributed by atoms with E-state index in [-0.39, 0.29) is 0 Å². The van der Waals surface area contributed by atoms with E-state index in [1.54, 1.807) is 20.8 Å². The lowest BCUT2D eigenvalue weighted by Gasteiger charge is -2.22. The van der Waals surface area contributed by atoms with Crippen molar-refractivity contribution in [3.05, 3.63) is 48.0 Å². The van der Waals surface area contributed by atoms with Crippen LogP contribution in [0.3, 0.4) is 0 Å². The molecule has 0 aliphatic rings. The number of hydrogen-bond donors (Lipinski definition) is 2. The Balaban J connectivity index is 1.99. The Labute approximate surface area is 141 Å². The summed E-state index contributed by atoms with van der Waals surface area (Å²) >= 11 is 0. The number of amides is 1. The zero-order chi connectivity index (χ0) is 17.7. The number of aliphatic carboxylic acids is 1. The summed E-state index contributed by atoms with van der Waals surface area (Å²) in [5, 5.41) is 14.0. The molecule has 0 heterocycles. The lowest BCUT2D eigenvalue weighted by molar-refractivity contribution is -0.139. The van der Waals surface area contributed by atoms with Gasteiger partial charge in [0.15, 0.2) is 0 Å². The van der Waals surface area contributed by atoms with Crippen molar-refractivity contribution in [3.8, 4) is 0 Å². The van der Waals surface area contributed by atoms with Crippen molar-refractivity contribution in [1.82, 2.24) is 5.32 Å². The summed E-state index contributed by atoms with van der Waals surface area (Å²) in [7, 11) is 0. The van der Waals surface area contributed by atoms with E-state index in [1.165, 1.54) is 0 Å². The molecule has 2 rings (SSSR count). The Hall–Kier alpha value is -2.56. The molecule has 0 unspecified atom stereocenters. The van der Waals surface area contributed by atoms with Crippen LogP contribution >= 0.6 is 0 Å². The Morgan fingerprint density at radius 1 is 1.12 bits per heavy atom. The van der Waals surface area contributed by atoms with Crippen LogP contribution in [0.1, 0.15) is 32.8 Å². The van der Waals surface area contributed by atoms with Crippen LogP contribution in [-0.2, 0) is 16.0 Å². The van der Waals surface area contributed by atoms with Crippen LogP contribution in [0.5, 0.6) is 0 Å². The van der Waals surface area contributed by atoms with E-state index in [1.807, 2.05) is 42.5 Å². The van der Waals surface area contributed by atoms with E-state index in [0.717, 1.165) is 16.3 Å². The van der Waals surface area contributed by atoms with E-state index >= 15 is 0 Å². The highest BCUT2D eigenvalue weighted by atomic mass is 16.6. The smallest absolute Gasteiger partial charge is 0.408 e. The zero-order valence-electron chi connectivity index (χ0n) is 14.2. The molecule has 0 aliphatic carbocycles. The molecule has 5 nitrogen and oxygen atoms in total. The first kappa shape index (κ1) is 17.8. The molecule has 24 heavy (non-hydrogen) atoms. The average molecular weight is 329 g/mol. The van der Waals surface area contributed by atoms with Crippen molar-refractivity contribution >= 4 is 22.8 Å². The number of nitrogens with one attached hydrogen (secondary N) is 1. The van der Waals surface area contributed by atoms with Crippen LogP contribution in [0.15, 0.2) is 42.5 Å². The molecule has 0 radical (unpaired) electrons. The topological polar surface area (TPSA) is 75.6 Å². The van der Waals surface area contributed by atoms with Crippen LogP contribution in [0.25, 0.3) is 10.8 Å². The van der Waals surface area contributed by atoms with Gasteiger partial charge in [0.25, 0.3) is 0 Å². The summed E-state index contributed by atoms with van der Waals surface area (Å²) in [6, 6.07) is 13.1. The van der Waals surface area contributed by atoms with E-state index in [0.29, 0.717) is 12.8 Å². The third kappa shape index (κ3) is 5.26. The van der Waals surface area contributed by atoms with Gasteiger partial charge in [-0.15, -0.1) is 0 Å². The van der Waals surface area contributed by atoms with Gasteiger partial charge >= 0.3 is 12.1 Å². The normalized spacial score (nSPS) is 12.6. The molecule has 128 valence electrons. The highest BCUT2D eigenvalue weighted by Gasteiger charge is 2.23. The fourth-order valence-electron chi connectivity index (χ4n) is 2.41. The molecule has 0 fully saturated rings. The number of fused-ring (bicyclic) bond motifs is 1. The largest absolute Gasteiger partial charge is 0.480 e. The number of carbonyl (C=O) groups excluding carboxylic acids is 1. The first-order valence-electron chi connectivity index (χ1n) is 7.94. The SMILES string of the molecule is CC(C)(C)OC(=O)N[C@@H](CCc1ccc2ccccc2c1)C(=O)O. The van der Waals surface area contributed by atoms with Crippen LogP contribution in [0.4, 0.5) is 4.79 Å². The first-order valence-corrected chi connectivity index (χ1v) is 7.94. The van der Waals surface area contributed by atoms with Gasteiger partial charge in [0, 0.05) is 0 Å². The van der Waals surface area contributed by atoms with Gasteiger partial charge < -0.3 is 15.2 Å². The van der Waals surface area contributed by atoms with Gasteiger partial charge in [0.1, 0.15) is 11.6 Å². The maximum Gasteiger partial charge on any atom is 0.408 e. The number of hydrogen-bond acceptors (Lipinski definition) is 3. The molecule has 2 aromatic carbocycles.